The third kappa shape index (κ3) is 0.936. The molecule has 0 heterocycles. The highest BCUT2D eigenvalue weighted by molar-refractivity contribution is 5.93. The summed E-state index contributed by atoms with van der Waals surface area (Å²) in [6.07, 6.45) is 0. The standard InChI is InChI=1S/C18H27NO2/c1-6-21-7-17-13-10-11-12(10)18(17,14(11)15(13)17)16(20)19(8(2)3)9(4)5/h8-15H,6-7H2,1-5H3. The average molecular weight is 289 g/mol. The molecular weight excluding hydrogens is 262 g/mol. The van der Waals surface area contributed by atoms with Crippen LogP contribution in [-0.4, -0.2) is 36.1 Å². The molecule has 21 heavy (non-hydrogen) atoms. The van der Waals surface area contributed by atoms with Crippen LogP contribution < -0.4 is 0 Å². The Balaban J connectivity index is 1.50. The third-order valence-corrected chi connectivity index (χ3v) is 7.88. The van der Waals surface area contributed by atoms with E-state index in [1.807, 2.05) is 0 Å². The zero-order valence-corrected chi connectivity index (χ0v) is 13.8. The maximum absolute atomic E-state index is 13.5. The lowest BCUT2D eigenvalue weighted by Gasteiger charge is -2.63. The molecule has 3 heteroatoms. The van der Waals surface area contributed by atoms with E-state index in [2.05, 4.69) is 39.5 Å². The number of rotatable bonds is 6. The van der Waals surface area contributed by atoms with Crippen molar-refractivity contribution in [1.29, 1.82) is 0 Å². The molecule has 0 bridgehead atoms. The molecule has 6 aliphatic rings. The molecule has 8 unspecified atom stereocenters. The second kappa shape index (κ2) is 3.34. The van der Waals surface area contributed by atoms with Gasteiger partial charge in [-0.15, -0.1) is 0 Å². The summed E-state index contributed by atoms with van der Waals surface area (Å²) in [6, 6.07) is 0.615. The van der Waals surface area contributed by atoms with Crippen molar-refractivity contribution in [3.8, 4) is 0 Å². The second-order valence-corrected chi connectivity index (χ2v) is 8.70. The van der Waals surface area contributed by atoms with Crippen LogP contribution in [0.3, 0.4) is 0 Å². The monoisotopic (exact) mass is 289 g/mol. The van der Waals surface area contributed by atoms with Gasteiger partial charge in [-0.3, -0.25) is 4.79 Å². The van der Waals surface area contributed by atoms with Crippen molar-refractivity contribution in [3.63, 3.8) is 0 Å². The molecule has 116 valence electrons. The molecule has 0 saturated heterocycles. The predicted molar refractivity (Wildman–Crippen MR) is 79.4 cm³/mol. The number of hydrogen-bond donors (Lipinski definition) is 0. The Labute approximate surface area is 127 Å². The number of amides is 1. The van der Waals surface area contributed by atoms with E-state index in [0.717, 1.165) is 48.7 Å². The van der Waals surface area contributed by atoms with Crippen molar-refractivity contribution in [2.24, 2.45) is 46.3 Å². The largest absolute Gasteiger partial charge is 0.381 e. The predicted octanol–water partition coefficient (Wildman–Crippen LogP) is 2.41. The van der Waals surface area contributed by atoms with Gasteiger partial charge < -0.3 is 9.64 Å². The molecule has 0 aromatic rings. The van der Waals surface area contributed by atoms with Crippen LogP contribution >= 0.6 is 0 Å². The first kappa shape index (κ1) is 12.9. The molecule has 8 atom stereocenters. The number of nitrogens with zero attached hydrogens (tertiary/aromatic N) is 1. The summed E-state index contributed by atoms with van der Waals surface area (Å²) < 4.78 is 5.85. The first-order chi connectivity index (χ1) is 9.97. The Morgan fingerprint density at radius 3 is 2.14 bits per heavy atom. The van der Waals surface area contributed by atoms with Crippen LogP contribution in [0.1, 0.15) is 34.6 Å². The molecule has 0 aromatic heterocycles. The van der Waals surface area contributed by atoms with Crippen LogP contribution in [0.4, 0.5) is 0 Å². The van der Waals surface area contributed by atoms with Crippen LogP contribution in [0, 0.1) is 46.3 Å². The first-order valence-corrected chi connectivity index (χ1v) is 8.88. The van der Waals surface area contributed by atoms with E-state index in [4.69, 9.17) is 4.74 Å². The quantitative estimate of drug-likeness (QED) is 0.751. The number of ether oxygens (including phenoxy) is 1. The Hall–Kier alpha value is -0.570. The lowest BCUT2D eigenvalue weighted by Crippen LogP contribution is -2.70. The van der Waals surface area contributed by atoms with Crippen molar-refractivity contribution < 1.29 is 9.53 Å². The number of carbonyl (C=O) groups excluding carboxylic acids is 1. The lowest BCUT2D eigenvalue weighted by molar-refractivity contribution is -0.210. The fourth-order valence-corrected chi connectivity index (χ4v) is 7.87. The highest BCUT2D eigenvalue weighted by atomic mass is 16.5. The van der Waals surface area contributed by atoms with E-state index in [0.29, 0.717) is 18.0 Å². The van der Waals surface area contributed by atoms with Crippen molar-refractivity contribution >= 4 is 5.91 Å². The molecule has 0 aromatic carbocycles. The molecule has 6 rings (SSSR count). The van der Waals surface area contributed by atoms with Gasteiger partial charge in [-0.25, -0.2) is 0 Å². The Morgan fingerprint density at radius 2 is 1.67 bits per heavy atom. The molecule has 6 aliphatic carbocycles. The van der Waals surface area contributed by atoms with Gasteiger partial charge in [0.15, 0.2) is 0 Å². The summed E-state index contributed by atoms with van der Waals surface area (Å²) in [6.45, 7) is 12.4. The van der Waals surface area contributed by atoms with Gasteiger partial charge in [0, 0.05) is 24.1 Å². The van der Waals surface area contributed by atoms with Gasteiger partial charge in [0.1, 0.15) is 0 Å². The summed E-state index contributed by atoms with van der Waals surface area (Å²) in [5.74, 6) is 5.52. The SMILES string of the molecule is CCOCC12C3C4C5C4C1(C(=O)N(C(C)C)C(C)C)C5C32. The smallest absolute Gasteiger partial charge is 0.230 e. The Bertz CT molecular complexity index is 535. The van der Waals surface area contributed by atoms with E-state index < -0.39 is 0 Å². The fraction of sp³-hybridized carbons (Fsp3) is 0.944. The van der Waals surface area contributed by atoms with Crippen LogP contribution in [0.5, 0.6) is 0 Å². The molecule has 0 spiro atoms. The minimum atomic E-state index is 0.0153. The van der Waals surface area contributed by atoms with E-state index in [9.17, 15) is 4.79 Å². The maximum Gasteiger partial charge on any atom is 0.230 e. The van der Waals surface area contributed by atoms with Crippen molar-refractivity contribution in [2.75, 3.05) is 13.2 Å². The molecular formula is C18H27NO2. The van der Waals surface area contributed by atoms with Crippen molar-refractivity contribution in [3.05, 3.63) is 0 Å². The summed E-state index contributed by atoms with van der Waals surface area (Å²) in [4.78, 5) is 15.7. The van der Waals surface area contributed by atoms with Gasteiger partial charge in [0.2, 0.25) is 5.91 Å². The van der Waals surface area contributed by atoms with Crippen LogP contribution in [-0.2, 0) is 9.53 Å². The second-order valence-electron chi connectivity index (χ2n) is 8.70. The van der Waals surface area contributed by atoms with Crippen molar-refractivity contribution in [2.45, 2.75) is 46.7 Å². The highest BCUT2D eigenvalue weighted by Crippen LogP contribution is 3.10. The Morgan fingerprint density at radius 1 is 1.05 bits per heavy atom. The first-order valence-electron chi connectivity index (χ1n) is 8.88. The topological polar surface area (TPSA) is 29.5 Å². The molecule has 0 aliphatic heterocycles. The fourth-order valence-electron chi connectivity index (χ4n) is 7.87. The maximum atomic E-state index is 13.5. The van der Waals surface area contributed by atoms with Crippen LogP contribution in [0.25, 0.3) is 0 Å². The minimum absolute atomic E-state index is 0.0153. The van der Waals surface area contributed by atoms with Crippen molar-refractivity contribution in [1.82, 2.24) is 4.90 Å². The lowest BCUT2D eigenvalue weighted by atomic mass is 9.41. The zero-order chi connectivity index (χ0) is 14.9. The van der Waals surface area contributed by atoms with Gasteiger partial charge in [0.25, 0.3) is 0 Å². The van der Waals surface area contributed by atoms with E-state index in [1.54, 1.807) is 0 Å². The van der Waals surface area contributed by atoms with Gasteiger partial charge in [-0.1, -0.05) is 0 Å². The normalized spacial score (nSPS) is 56.0. The summed E-state index contributed by atoms with van der Waals surface area (Å²) >= 11 is 0. The van der Waals surface area contributed by atoms with E-state index in [1.165, 1.54) is 0 Å². The molecule has 6 fully saturated rings. The van der Waals surface area contributed by atoms with Gasteiger partial charge in [-0.2, -0.15) is 0 Å². The van der Waals surface area contributed by atoms with E-state index in [-0.39, 0.29) is 10.8 Å². The minimum Gasteiger partial charge on any atom is -0.381 e. The third-order valence-electron chi connectivity index (χ3n) is 7.88. The molecule has 0 radical (unpaired) electrons. The summed E-state index contributed by atoms with van der Waals surface area (Å²) in [7, 11) is 0. The molecule has 0 N–H and O–H groups in total. The van der Waals surface area contributed by atoms with Gasteiger partial charge >= 0.3 is 0 Å². The molecule has 6 saturated carbocycles. The van der Waals surface area contributed by atoms with Crippen LogP contribution in [0.15, 0.2) is 0 Å². The zero-order valence-electron chi connectivity index (χ0n) is 13.8. The van der Waals surface area contributed by atoms with Gasteiger partial charge in [-0.05, 0) is 70.1 Å². The van der Waals surface area contributed by atoms with Crippen LogP contribution in [0.2, 0.25) is 0 Å². The molecule has 3 nitrogen and oxygen atoms in total. The number of hydrogen-bond acceptors (Lipinski definition) is 2. The Kier molecular flexibility index (Phi) is 2.06. The summed E-state index contributed by atoms with van der Waals surface area (Å²) in [5, 5.41) is 0. The highest BCUT2D eigenvalue weighted by Gasteiger charge is 3.12. The molecule has 1 amide bonds. The van der Waals surface area contributed by atoms with E-state index >= 15 is 0 Å². The van der Waals surface area contributed by atoms with Gasteiger partial charge in [0.05, 0.1) is 12.0 Å². The summed E-state index contributed by atoms with van der Waals surface area (Å²) in [5.41, 5.74) is 0.290. The average Bonchev–Trinajstić information content (AvgIpc) is 3.17. The number of carbonyl (C=O) groups is 1.